The Morgan fingerprint density at radius 1 is 1.22 bits per heavy atom. The van der Waals surface area contributed by atoms with Crippen LogP contribution in [0.5, 0.6) is 0 Å². The van der Waals surface area contributed by atoms with Gasteiger partial charge in [-0.05, 0) is 37.0 Å². The van der Waals surface area contributed by atoms with Crippen LogP contribution in [0.2, 0.25) is 0 Å². The number of hydrogen-bond donors (Lipinski definition) is 1. The van der Waals surface area contributed by atoms with Gasteiger partial charge in [-0.25, -0.2) is 0 Å². The number of rotatable bonds is 6. The highest BCUT2D eigenvalue weighted by atomic mass is 16.1. The van der Waals surface area contributed by atoms with Crippen LogP contribution in [0.15, 0.2) is 43.0 Å². The minimum absolute atomic E-state index is 0.108. The Morgan fingerprint density at radius 2 is 2.00 bits per heavy atom. The zero-order chi connectivity index (χ0) is 15.9. The van der Waals surface area contributed by atoms with Crippen LogP contribution in [0.4, 0.5) is 5.69 Å². The van der Waals surface area contributed by atoms with Crippen LogP contribution in [-0.2, 0) is 11.3 Å². The van der Waals surface area contributed by atoms with E-state index in [1.165, 1.54) is 5.69 Å². The van der Waals surface area contributed by atoms with Crippen LogP contribution in [0, 0.1) is 5.92 Å². The molecule has 1 aliphatic rings. The topological polar surface area (TPSA) is 63.1 Å². The van der Waals surface area contributed by atoms with Crippen LogP contribution < -0.4 is 10.2 Å². The lowest BCUT2D eigenvalue weighted by Crippen LogP contribution is -2.38. The smallest absolute Gasteiger partial charge is 0.221 e. The van der Waals surface area contributed by atoms with Gasteiger partial charge in [0.2, 0.25) is 5.91 Å². The fraction of sp³-hybridized carbons (Fsp3) is 0.471. The molecule has 122 valence electrons. The maximum absolute atomic E-state index is 11.9. The Balaban J connectivity index is 1.35. The summed E-state index contributed by atoms with van der Waals surface area (Å²) in [5.74, 6) is 0.679. The Labute approximate surface area is 136 Å². The molecule has 23 heavy (non-hydrogen) atoms. The van der Waals surface area contributed by atoms with Crippen molar-refractivity contribution in [2.45, 2.75) is 25.8 Å². The van der Waals surface area contributed by atoms with Crippen molar-refractivity contribution < 1.29 is 4.79 Å². The number of carbonyl (C=O) groups excluding carboxylic acids is 1. The Bertz CT molecular complexity index is 591. The first kappa shape index (κ1) is 15.5. The van der Waals surface area contributed by atoms with E-state index in [4.69, 9.17) is 0 Å². The van der Waals surface area contributed by atoms with Crippen LogP contribution in [0.1, 0.15) is 19.3 Å². The Morgan fingerprint density at radius 3 is 2.70 bits per heavy atom. The lowest BCUT2D eigenvalue weighted by atomic mass is 9.96. The second kappa shape index (κ2) is 7.76. The number of hydrogen-bond acceptors (Lipinski definition) is 4. The predicted octanol–water partition coefficient (Wildman–Crippen LogP) is 1.70. The summed E-state index contributed by atoms with van der Waals surface area (Å²) in [6.45, 7) is 3.50. The molecule has 1 aliphatic heterocycles. The summed E-state index contributed by atoms with van der Waals surface area (Å²) in [6.07, 6.45) is 9.99. The molecule has 3 rings (SSSR count). The molecule has 0 spiro atoms. The van der Waals surface area contributed by atoms with Crippen molar-refractivity contribution >= 4 is 11.6 Å². The van der Waals surface area contributed by atoms with Gasteiger partial charge < -0.3 is 10.2 Å². The van der Waals surface area contributed by atoms with Crippen LogP contribution in [0.3, 0.4) is 0 Å². The van der Waals surface area contributed by atoms with Crippen molar-refractivity contribution in [1.29, 1.82) is 0 Å². The first-order chi connectivity index (χ1) is 11.3. The lowest BCUT2D eigenvalue weighted by molar-refractivity contribution is -0.121. The Kier molecular flexibility index (Phi) is 5.24. The molecule has 6 nitrogen and oxygen atoms in total. The van der Waals surface area contributed by atoms with Crippen LogP contribution >= 0.6 is 0 Å². The van der Waals surface area contributed by atoms with Crippen molar-refractivity contribution in [1.82, 2.24) is 20.1 Å². The molecule has 0 atom stereocenters. The summed E-state index contributed by atoms with van der Waals surface area (Å²) in [4.78, 5) is 18.3. The summed E-state index contributed by atoms with van der Waals surface area (Å²) in [5, 5.41) is 7.16. The van der Waals surface area contributed by atoms with Crippen molar-refractivity contribution in [3.8, 4) is 0 Å². The molecule has 1 N–H and O–H groups in total. The van der Waals surface area contributed by atoms with Gasteiger partial charge in [-0.2, -0.15) is 5.10 Å². The molecule has 0 aromatic carbocycles. The van der Waals surface area contributed by atoms with E-state index in [0.717, 1.165) is 32.5 Å². The first-order valence-corrected chi connectivity index (χ1v) is 8.20. The molecule has 2 aromatic rings. The van der Waals surface area contributed by atoms with Gasteiger partial charge in [0.15, 0.2) is 0 Å². The largest absolute Gasteiger partial charge is 0.371 e. The molecule has 2 aromatic heterocycles. The molecule has 3 heterocycles. The molecular weight excluding hydrogens is 290 g/mol. The summed E-state index contributed by atoms with van der Waals surface area (Å²) in [7, 11) is 0. The zero-order valence-electron chi connectivity index (χ0n) is 13.3. The van der Waals surface area contributed by atoms with E-state index in [1.54, 1.807) is 10.9 Å². The SMILES string of the molecule is O=C(CCn1cccn1)NCC1CCN(c2ccncc2)CC1. The van der Waals surface area contributed by atoms with Gasteiger partial charge in [0.1, 0.15) is 0 Å². The summed E-state index contributed by atoms with van der Waals surface area (Å²) in [5.41, 5.74) is 1.24. The number of pyridine rings is 1. The van der Waals surface area contributed by atoms with Gasteiger partial charge in [0.25, 0.3) is 0 Å². The molecule has 0 saturated carbocycles. The summed E-state index contributed by atoms with van der Waals surface area (Å²) >= 11 is 0. The molecule has 6 heteroatoms. The number of anilines is 1. The first-order valence-electron chi connectivity index (χ1n) is 8.20. The van der Waals surface area contributed by atoms with Crippen molar-refractivity contribution in [3.63, 3.8) is 0 Å². The van der Waals surface area contributed by atoms with Gasteiger partial charge in [-0.1, -0.05) is 0 Å². The van der Waals surface area contributed by atoms with Gasteiger partial charge in [0.05, 0.1) is 0 Å². The Hall–Kier alpha value is -2.37. The highest BCUT2D eigenvalue weighted by Crippen LogP contribution is 2.22. The minimum atomic E-state index is 0.108. The number of amides is 1. The van der Waals surface area contributed by atoms with Crippen molar-refractivity contribution in [2.75, 3.05) is 24.5 Å². The van der Waals surface area contributed by atoms with E-state index >= 15 is 0 Å². The normalized spacial score (nSPS) is 15.6. The molecule has 1 amide bonds. The fourth-order valence-corrected chi connectivity index (χ4v) is 2.95. The maximum Gasteiger partial charge on any atom is 0.221 e. The lowest BCUT2D eigenvalue weighted by Gasteiger charge is -2.33. The third-order valence-corrected chi connectivity index (χ3v) is 4.36. The second-order valence-corrected chi connectivity index (χ2v) is 5.96. The number of nitrogens with one attached hydrogen (secondary N) is 1. The maximum atomic E-state index is 11.9. The van der Waals surface area contributed by atoms with E-state index in [-0.39, 0.29) is 5.91 Å². The average molecular weight is 313 g/mol. The number of carbonyl (C=O) groups is 1. The monoisotopic (exact) mass is 313 g/mol. The number of piperidine rings is 1. The molecule has 0 aliphatic carbocycles. The third kappa shape index (κ3) is 4.55. The molecule has 1 fully saturated rings. The van der Waals surface area contributed by atoms with Gasteiger partial charge in [0, 0.05) is 63.1 Å². The van der Waals surface area contributed by atoms with Crippen molar-refractivity contribution in [2.24, 2.45) is 5.92 Å². The van der Waals surface area contributed by atoms with Crippen LogP contribution in [0.25, 0.3) is 0 Å². The van der Waals surface area contributed by atoms with E-state index in [0.29, 0.717) is 18.9 Å². The number of nitrogens with zero attached hydrogens (tertiary/aromatic N) is 4. The molecule has 0 bridgehead atoms. The average Bonchev–Trinajstić information content (AvgIpc) is 3.13. The molecule has 0 radical (unpaired) electrons. The van der Waals surface area contributed by atoms with E-state index in [9.17, 15) is 4.79 Å². The molecule has 0 unspecified atom stereocenters. The third-order valence-electron chi connectivity index (χ3n) is 4.36. The molecule has 1 saturated heterocycles. The standard InChI is InChI=1S/C17H23N5O/c23-17(6-13-22-10-1-7-20-22)19-14-15-4-11-21(12-5-15)16-2-8-18-9-3-16/h1-3,7-10,15H,4-6,11-14H2,(H,19,23). The second-order valence-electron chi connectivity index (χ2n) is 5.96. The number of aromatic nitrogens is 3. The van der Waals surface area contributed by atoms with Gasteiger partial charge in [-0.3, -0.25) is 14.5 Å². The van der Waals surface area contributed by atoms with E-state index in [1.807, 2.05) is 24.7 Å². The van der Waals surface area contributed by atoms with E-state index in [2.05, 4.69) is 32.4 Å². The quantitative estimate of drug-likeness (QED) is 0.882. The highest BCUT2D eigenvalue weighted by Gasteiger charge is 2.19. The van der Waals surface area contributed by atoms with E-state index < -0.39 is 0 Å². The van der Waals surface area contributed by atoms with Crippen molar-refractivity contribution in [3.05, 3.63) is 43.0 Å². The van der Waals surface area contributed by atoms with Crippen LogP contribution in [-0.4, -0.2) is 40.3 Å². The summed E-state index contributed by atoms with van der Waals surface area (Å²) in [6, 6.07) is 5.98. The predicted molar refractivity (Wildman–Crippen MR) is 89.0 cm³/mol. The summed E-state index contributed by atoms with van der Waals surface area (Å²) < 4.78 is 1.78. The minimum Gasteiger partial charge on any atom is -0.371 e. The fourth-order valence-electron chi connectivity index (χ4n) is 2.95. The highest BCUT2D eigenvalue weighted by molar-refractivity contribution is 5.75. The van der Waals surface area contributed by atoms with Gasteiger partial charge >= 0.3 is 0 Å². The molecular formula is C17H23N5O. The number of aryl methyl sites for hydroxylation is 1. The zero-order valence-corrected chi connectivity index (χ0v) is 13.3. The van der Waals surface area contributed by atoms with Gasteiger partial charge in [-0.15, -0.1) is 0 Å².